The molecule has 0 fully saturated rings. The summed E-state index contributed by atoms with van der Waals surface area (Å²) in [6.45, 7) is 6.56. The van der Waals surface area contributed by atoms with Crippen LogP contribution in [0.5, 0.6) is 0 Å². The minimum atomic E-state index is -0.211. The van der Waals surface area contributed by atoms with Crippen molar-refractivity contribution in [2.45, 2.75) is 25.9 Å². The normalized spacial score (nSPS) is 14.8. The Bertz CT molecular complexity index is 355. The van der Waals surface area contributed by atoms with Gasteiger partial charge in [0, 0.05) is 19.7 Å². The molecule has 1 aromatic rings. The van der Waals surface area contributed by atoms with Crippen molar-refractivity contribution in [1.29, 1.82) is 0 Å². The largest absolute Gasteiger partial charge is 0.380 e. The van der Waals surface area contributed by atoms with Crippen molar-refractivity contribution in [2.75, 3.05) is 26.8 Å². The van der Waals surface area contributed by atoms with Crippen LogP contribution in [0.15, 0.2) is 24.3 Å². The number of hydrogen-bond donors (Lipinski definition) is 1. The minimum absolute atomic E-state index is 0.204. The molecule has 0 heterocycles. The van der Waals surface area contributed by atoms with Crippen LogP contribution in [0.2, 0.25) is 0 Å². The number of ether oxygens (including phenoxy) is 1. The van der Waals surface area contributed by atoms with Gasteiger partial charge in [-0.2, -0.15) is 0 Å². The first kappa shape index (κ1) is 15.1. The summed E-state index contributed by atoms with van der Waals surface area (Å²) >= 11 is 0. The van der Waals surface area contributed by atoms with E-state index in [1.807, 2.05) is 14.0 Å². The molecule has 0 spiro atoms. The van der Waals surface area contributed by atoms with Gasteiger partial charge in [0.25, 0.3) is 0 Å². The van der Waals surface area contributed by atoms with Gasteiger partial charge >= 0.3 is 0 Å². The summed E-state index contributed by atoms with van der Waals surface area (Å²) in [6, 6.07) is 6.55. The van der Waals surface area contributed by atoms with Gasteiger partial charge in [-0.25, -0.2) is 4.39 Å². The van der Waals surface area contributed by atoms with Crippen LogP contribution in [0.25, 0.3) is 0 Å². The van der Waals surface area contributed by atoms with Crippen molar-refractivity contribution in [3.05, 3.63) is 35.6 Å². The lowest BCUT2D eigenvalue weighted by Gasteiger charge is -2.37. The molecule has 1 atom stereocenters. The molecule has 0 aliphatic rings. The predicted molar refractivity (Wildman–Crippen MR) is 71.8 cm³/mol. The number of rotatable bonds is 7. The fraction of sp³-hybridized carbons (Fsp3) is 0.571. The van der Waals surface area contributed by atoms with Crippen LogP contribution < -0.4 is 5.73 Å². The van der Waals surface area contributed by atoms with E-state index < -0.39 is 0 Å². The number of hydrogen-bond acceptors (Lipinski definition) is 3. The zero-order chi connectivity index (χ0) is 13.6. The van der Waals surface area contributed by atoms with Crippen LogP contribution >= 0.6 is 0 Å². The first-order chi connectivity index (χ1) is 8.51. The fourth-order valence-corrected chi connectivity index (χ4v) is 1.70. The molecule has 0 aromatic heterocycles. The molecule has 0 aliphatic heterocycles. The molecular weight excluding hydrogens is 231 g/mol. The number of halogens is 1. The van der Waals surface area contributed by atoms with Crippen molar-refractivity contribution in [1.82, 2.24) is 4.90 Å². The monoisotopic (exact) mass is 254 g/mol. The lowest BCUT2D eigenvalue weighted by atomic mass is 10.0. The van der Waals surface area contributed by atoms with Crippen LogP contribution in [0.3, 0.4) is 0 Å². The van der Waals surface area contributed by atoms with E-state index in [4.69, 9.17) is 10.5 Å². The van der Waals surface area contributed by atoms with E-state index in [2.05, 4.69) is 11.8 Å². The van der Waals surface area contributed by atoms with Gasteiger partial charge in [-0.15, -0.1) is 0 Å². The van der Waals surface area contributed by atoms with Crippen molar-refractivity contribution in [2.24, 2.45) is 5.73 Å². The number of nitrogens with zero attached hydrogens (tertiary/aromatic N) is 1. The summed E-state index contributed by atoms with van der Waals surface area (Å²) in [5.41, 5.74) is 6.71. The Morgan fingerprint density at radius 3 is 2.44 bits per heavy atom. The standard InChI is InChI=1S/C14H23FN2O/c1-4-18-11-14(2,10-16)17(3)9-12-5-7-13(15)8-6-12/h5-8H,4,9-11,16H2,1-3H3. The molecule has 2 N–H and O–H groups in total. The van der Waals surface area contributed by atoms with Crippen LogP contribution in [-0.4, -0.2) is 37.2 Å². The van der Waals surface area contributed by atoms with Gasteiger partial charge < -0.3 is 10.5 Å². The Balaban J connectivity index is 2.66. The van der Waals surface area contributed by atoms with E-state index in [-0.39, 0.29) is 11.4 Å². The smallest absolute Gasteiger partial charge is 0.123 e. The van der Waals surface area contributed by atoms with Crippen LogP contribution in [0.1, 0.15) is 19.4 Å². The molecular formula is C14H23FN2O. The maximum absolute atomic E-state index is 12.8. The maximum Gasteiger partial charge on any atom is 0.123 e. The molecule has 18 heavy (non-hydrogen) atoms. The third-order valence-corrected chi connectivity index (χ3v) is 3.31. The van der Waals surface area contributed by atoms with E-state index in [1.54, 1.807) is 12.1 Å². The Morgan fingerprint density at radius 1 is 1.33 bits per heavy atom. The summed E-state index contributed by atoms with van der Waals surface area (Å²) in [7, 11) is 2.01. The number of likely N-dealkylation sites (N-methyl/N-ethyl adjacent to an activating group) is 1. The van der Waals surface area contributed by atoms with Gasteiger partial charge in [0.15, 0.2) is 0 Å². The molecule has 102 valence electrons. The maximum atomic E-state index is 12.8. The molecule has 0 saturated heterocycles. The van der Waals surface area contributed by atoms with Crippen molar-refractivity contribution < 1.29 is 9.13 Å². The molecule has 0 aliphatic carbocycles. The third-order valence-electron chi connectivity index (χ3n) is 3.31. The SMILES string of the molecule is CCOCC(C)(CN)N(C)Cc1ccc(F)cc1. The summed E-state index contributed by atoms with van der Waals surface area (Å²) in [6.07, 6.45) is 0. The second kappa shape index (κ2) is 6.83. The van der Waals surface area contributed by atoms with Crippen molar-refractivity contribution in [3.8, 4) is 0 Å². The van der Waals surface area contributed by atoms with Crippen LogP contribution in [0.4, 0.5) is 4.39 Å². The molecule has 0 bridgehead atoms. The highest BCUT2D eigenvalue weighted by Crippen LogP contribution is 2.16. The van der Waals surface area contributed by atoms with Crippen LogP contribution in [-0.2, 0) is 11.3 Å². The van der Waals surface area contributed by atoms with E-state index in [0.717, 1.165) is 12.1 Å². The molecule has 1 unspecified atom stereocenters. The molecule has 1 rings (SSSR count). The number of nitrogens with two attached hydrogens (primary N) is 1. The summed E-state index contributed by atoms with van der Waals surface area (Å²) in [5, 5.41) is 0. The topological polar surface area (TPSA) is 38.5 Å². The molecule has 1 aromatic carbocycles. The average molecular weight is 254 g/mol. The van der Waals surface area contributed by atoms with E-state index in [9.17, 15) is 4.39 Å². The van der Waals surface area contributed by atoms with Crippen molar-refractivity contribution >= 4 is 0 Å². The molecule has 4 heteroatoms. The predicted octanol–water partition coefficient (Wildman–Crippen LogP) is 2.01. The first-order valence-electron chi connectivity index (χ1n) is 6.25. The first-order valence-corrected chi connectivity index (χ1v) is 6.25. The second-order valence-corrected chi connectivity index (χ2v) is 4.82. The summed E-state index contributed by atoms with van der Waals surface area (Å²) < 4.78 is 18.3. The van der Waals surface area contributed by atoms with E-state index in [0.29, 0.717) is 19.8 Å². The van der Waals surface area contributed by atoms with Gasteiger partial charge in [-0.3, -0.25) is 4.90 Å². The van der Waals surface area contributed by atoms with Crippen LogP contribution in [0, 0.1) is 5.82 Å². The molecule has 0 saturated carbocycles. The van der Waals surface area contributed by atoms with Gasteiger partial charge in [-0.1, -0.05) is 12.1 Å². The van der Waals surface area contributed by atoms with Gasteiger partial charge in [0.05, 0.1) is 12.1 Å². The lowest BCUT2D eigenvalue weighted by molar-refractivity contribution is 0.0202. The van der Waals surface area contributed by atoms with Gasteiger partial charge in [0.1, 0.15) is 5.82 Å². The average Bonchev–Trinajstić information content (AvgIpc) is 2.38. The molecule has 0 radical (unpaired) electrons. The third kappa shape index (κ3) is 4.05. The summed E-state index contributed by atoms with van der Waals surface area (Å²) in [4.78, 5) is 2.15. The lowest BCUT2D eigenvalue weighted by Crippen LogP contribution is -2.52. The highest BCUT2D eigenvalue weighted by molar-refractivity contribution is 5.16. The zero-order valence-electron chi connectivity index (χ0n) is 11.4. The Hall–Kier alpha value is -0.970. The highest BCUT2D eigenvalue weighted by Gasteiger charge is 2.27. The van der Waals surface area contributed by atoms with Gasteiger partial charge in [0.2, 0.25) is 0 Å². The second-order valence-electron chi connectivity index (χ2n) is 4.82. The van der Waals surface area contributed by atoms with E-state index >= 15 is 0 Å². The molecule has 3 nitrogen and oxygen atoms in total. The summed E-state index contributed by atoms with van der Waals surface area (Å²) in [5.74, 6) is -0.211. The minimum Gasteiger partial charge on any atom is -0.380 e. The fourth-order valence-electron chi connectivity index (χ4n) is 1.70. The zero-order valence-corrected chi connectivity index (χ0v) is 11.4. The molecule has 0 amide bonds. The Kier molecular flexibility index (Phi) is 5.72. The van der Waals surface area contributed by atoms with E-state index in [1.165, 1.54) is 12.1 Å². The highest BCUT2D eigenvalue weighted by atomic mass is 19.1. The van der Waals surface area contributed by atoms with Gasteiger partial charge in [-0.05, 0) is 38.6 Å². The number of benzene rings is 1. The Morgan fingerprint density at radius 2 is 1.94 bits per heavy atom. The van der Waals surface area contributed by atoms with Crippen molar-refractivity contribution in [3.63, 3.8) is 0 Å². The Labute approximate surface area is 109 Å². The quantitative estimate of drug-likeness (QED) is 0.809.